The van der Waals surface area contributed by atoms with Crippen LogP contribution >= 0.6 is 0 Å². The molecule has 32 heavy (non-hydrogen) atoms. The Labute approximate surface area is 191 Å². The maximum Gasteiger partial charge on any atom is 0.120 e. The maximum atomic E-state index is 6.48. The highest BCUT2D eigenvalue weighted by atomic mass is 16.6. The summed E-state index contributed by atoms with van der Waals surface area (Å²) in [7, 11) is 0. The van der Waals surface area contributed by atoms with E-state index in [1.165, 1.54) is 0 Å². The van der Waals surface area contributed by atoms with E-state index in [2.05, 4.69) is 50.2 Å². The average molecular weight is 433 g/mol. The molecule has 0 bridgehead atoms. The lowest BCUT2D eigenvalue weighted by Gasteiger charge is -2.34. The summed E-state index contributed by atoms with van der Waals surface area (Å²) >= 11 is 0. The molecule has 3 aromatic rings. The van der Waals surface area contributed by atoms with Crippen LogP contribution in [-0.4, -0.2) is 30.5 Å². The van der Waals surface area contributed by atoms with Gasteiger partial charge in [-0.1, -0.05) is 91.0 Å². The van der Waals surface area contributed by atoms with Gasteiger partial charge in [-0.3, -0.25) is 0 Å². The number of hydrogen-bond donors (Lipinski definition) is 0. The summed E-state index contributed by atoms with van der Waals surface area (Å²) in [5, 5.41) is 0. The van der Waals surface area contributed by atoms with Gasteiger partial charge in [0.25, 0.3) is 0 Å². The summed E-state index contributed by atoms with van der Waals surface area (Å²) in [5.74, 6) is 0. The topological polar surface area (TPSA) is 36.9 Å². The molecule has 0 radical (unpaired) electrons. The molecule has 1 aliphatic rings. The fourth-order valence-corrected chi connectivity index (χ4v) is 4.11. The molecule has 0 unspecified atom stereocenters. The molecule has 3 aromatic carbocycles. The molecule has 0 aliphatic carbocycles. The Morgan fingerprint density at radius 3 is 1.78 bits per heavy atom. The Bertz CT molecular complexity index is 931. The molecular formula is C28H32O4. The van der Waals surface area contributed by atoms with Crippen molar-refractivity contribution in [3.8, 4) is 0 Å². The van der Waals surface area contributed by atoms with Crippen molar-refractivity contribution >= 4 is 0 Å². The molecule has 4 rings (SSSR count). The SMILES string of the molecule is C[C@H]1O[C@H](COCc2ccccc2)[C@@H](OCc2ccccc2)[C@]1(C)OCc1ccccc1. The summed E-state index contributed by atoms with van der Waals surface area (Å²) in [5.41, 5.74) is 2.81. The molecular weight excluding hydrogens is 400 g/mol. The van der Waals surface area contributed by atoms with E-state index < -0.39 is 5.60 Å². The van der Waals surface area contributed by atoms with E-state index in [4.69, 9.17) is 18.9 Å². The van der Waals surface area contributed by atoms with Crippen molar-refractivity contribution < 1.29 is 18.9 Å². The van der Waals surface area contributed by atoms with E-state index in [9.17, 15) is 0 Å². The zero-order valence-corrected chi connectivity index (χ0v) is 18.9. The van der Waals surface area contributed by atoms with E-state index in [1.54, 1.807) is 0 Å². The molecule has 4 nitrogen and oxygen atoms in total. The van der Waals surface area contributed by atoms with Gasteiger partial charge in [0.05, 0.1) is 32.5 Å². The van der Waals surface area contributed by atoms with Crippen LogP contribution in [0.2, 0.25) is 0 Å². The van der Waals surface area contributed by atoms with Crippen LogP contribution in [0.5, 0.6) is 0 Å². The third-order valence-corrected chi connectivity index (χ3v) is 6.15. The van der Waals surface area contributed by atoms with Crippen LogP contribution in [0.3, 0.4) is 0 Å². The van der Waals surface area contributed by atoms with Gasteiger partial charge in [0, 0.05) is 0 Å². The maximum absolute atomic E-state index is 6.48. The molecule has 0 saturated carbocycles. The van der Waals surface area contributed by atoms with E-state index in [-0.39, 0.29) is 18.3 Å². The Kier molecular flexibility index (Phi) is 7.72. The molecule has 1 fully saturated rings. The third kappa shape index (κ3) is 5.64. The van der Waals surface area contributed by atoms with E-state index >= 15 is 0 Å². The molecule has 4 atom stereocenters. The zero-order chi connectivity index (χ0) is 22.2. The minimum absolute atomic E-state index is 0.127. The second kappa shape index (κ2) is 10.9. The van der Waals surface area contributed by atoms with Crippen LogP contribution in [0.1, 0.15) is 30.5 Å². The molecule has 1 aliphatic heterocycles. The molecule has 0 aromatic heterocycles. The fraction of sp³-hybridized carbons (Fsp3) is 0.357. The van der Waals surface area contributed by atoms with E-state index in [0.29, 0.717) is 26.4 Å². The molecule has 168 valence electrons. The summed E-state index contributed by atoms with van der Waals surface area (Å²) < 4.78 is 25.3. The van der Waals surface area contributed by atoms with Crippen LogP contribution in [-0.2, 0) is 38.8 Å². The first-order valence-electron chi connectivity index (χ1n) is 11.3. The van der Waals surface area contributed by atoms with Crippen molar-refractivity contribution in [1.29, 1.82) is 0 Å². The van der Waals surface area contributed by atoms with Gasteiger partial charge < -0.3 is 18.9 Å². The molecule has 1 heterocycles. The molecule has 0 N–H and O–H groups in total. The van der Waals surface area contributed by atoms with E-state index in [1.807, 2.05) is 54.6 Å². The summed E-state index contributed by atoms with van der Waals surface area (Å²) in [6.07, 6.45) is -0.590. The summed E-state index contributed by atoms with van der Waals surface area (Å²) in [4.78, 5) is 0. The van der Waals surface area contributed by atoms with Gasteiger partial charge in [-0.25, -0.2) is 0 Å². The van der Waals surface area contributed by atoms with Crippen LogP contribution in [0.15, 0.2) is 91.0 Å². The fourth-order valence-electron chi connectivity index (χ4n) is 4.11. The minimum atomic E-state index is -0.592. The van der Waals surface area contributed by atoms with Crippen LogP contribution in [0.4, 0.5) is 0 Å². The molecule has 4 heteroatoms. The first-order chi connectivity index (χ1) is 15.6. The highest BCUT2D eigenvalue weighted by Gasteiger charge is 2.53. The third-order valence-electron chi connectivity index (χ3n) is 6.15. The number of hydrogen-bond acceptors (Lipinski definition) is 4. The number of benzene rings is 3. The Morgan fingerprint density at radius 1 is 0.719 bits per heavy atom. The standard InChI is InChI=1S/C28H32O4/c1-22-28(2,31-20-25-16-10-5-11-17-25)27(30-19-24-14-8-4-9-15-24)26(32-22)21-29-18-23-12-6-3-7-13-23/h3-17,22,26-27H,18-21H2,1-2H3/t22-,26-,27-,28-/m1/s1. The lowest BCUT2D eigenvalue weighted by Crippen LogP contribution is -2.49. The normalized spacial score (nSPS) is 25.1. The van der Waals surface area contributed by atoms with Crippen molar-refractivity contribution in [3.63, 3.8) is 0 Å². The lowest BCUT2D eigenvalue weighted by molar-refractivity contribution is -0.144. The predicted molar refractivity (Wildman–Crippen MR) is 125 cm³/mol. The second-order valence-electron chi connectivity index (χ2n) is 8.49. The molecule has 1 saturated heterocycles. The van der Waals surface area contributed by atoms with Crippen LogP contribution in [0, 0.1) is 0 Å². The largest absolute Gasteiger partial charge is 0.374 e. The summed E-state index contributed by atoms with van der Waals surface area (Å²) in [6, 6.07) is 30.6. The quantitative estimate of drug-likeness (QED) is 0.421. The molecule has 0 amide bonds. The van der Waals surface area contributed by atoms with E-state index in [0.717, 1.165) is 16.7 Å². The van der Waals surface area contributed by atoms with Crippen molar-refractivity contribution in [3.05, 3.63) is 108 Å². The Morgan fingerprint density at radius 2 is 1.22 bits per heavy atom. The van der Waals surface area contributed by atoms with Gasteiger partial charge in [0.1, 0.15) is 17.8 Å². The van der Waals surface area contributed by atoms with Crippen LogP contribution in [0.25, 0.3) is 0 Å². The van der Waals surface area contributed by atoms with Gasteiger partial charge >= 0.3 is 0 Å². The van der Waals surface area contributed by atoms with Gasteiger partial charge in [-0.15, -0.1) is 0 Å². The minimum Gasteiger partial charge on any atom is -0.374 e. The van der Waals surface area contributed by atoms with Crippen LogP contribution < -0.4 is 0 Å². The number of rotatable bonds is 10. The molecule has 0 spiro atoms. The van der Waals surface area contributed by atoms with Gasteiger partial charge in [-0.05, 0) is 30.5 Å². The smallest absolute Gasteiger partial charge is 0.120 e. The number of ether oxygens (including phenoxy) is 4. The van der Waals surface area contributed by atoms with Crippen molar-refractivity contribution in [2.45, 2.75) is 57.6 Å². The highest BCUT2D eigenvalue weighted by molar-refractivity contribution is 5.16. The highest BCUT2D eigenvalue weighted by Crippen LogP contribution is 2.38. The van der Waals surface area contributed by atoms with Gasteiger partial charge in [0.2, 0.25) is 0 Å². The predicted octanol–water partition coefficient (Wildman–Crippen LogP) is 5.55. The van der Waals surface area contributed by atoms with Crippen molar-refractivity contribution in [2.24, 2.45) is 0 Å². The van der Waals surface area contributed by atoms with Gasteiger partial charge in [0.15, 0.2) is 0 Å². The monoisotopic (exact) mass is 432 g/mol. The van der Waals surface area contributed by atoms with Crippen molar-refractivity contribution in [1.82, 2.24) is 0 Å². The lowest BCUT2D eigenvalue weighted by atomic mass is 9.92. The second-order valence-corrected chi connectivity index (χ2v) is 8.49. The average Bonchev–Trinajstić information content (AvgIpc) is 3.07. The van der Waals surface area contributed by atoms with Gasteiger partial charge in [-0.2, -0.15) is 0 Å². The first kappa shape index (κ1) is 22.7. The summed E-state index contributed by atoms with van der Waals surface area (Å²) in [6.45, 7) is 6.15. The Hall–Kier alpha value is -2.50. The van der Waals surface area contributed by atoms with Crippen molar-refractivity contribution in [2.75, 3.05) is 6.61 Å². The first-order valence-corrected chi connectivity index (χ1v) is 11.3. The zero-order valence-electron chi connectivity index (χ0n) is 18.9. The Balaban J connectivity index is 1.45.